The van der Waals surface area contributed by atoms with Crippen LogP contribution in [0.1, 0.15) is 19.4 Å². The van der Waals surface area contributed by atoms with Crippen LogP contribution in [0.3, 0.4) is 0 Å². The molecule has 0 unspecified atom stereocenters. The Hall–Kier alpha value is -1.26. The standard InChI is InChI=1S/C13H15Cl2NO3/c1-3-19-13(18)12(16-8(2)17)6-9-4-5-10(14)7-11(9)15/h4-5,7,12H,3,6H2,1-2H3,(H,16,17)/t12-/m0/s1. The number of rotatable bonds is 5. The zero-order chi connectivity index (χ0) is 14.4. The molecule has 6 heteroatoms. The lowest BCUT2D eigenvalue weighted by molar-refractivity contribution is -0.147. The number of hydrogen-bond donors (Lipinski definition) is 1. The number of nitrogens with one attached hydrogen (secondary N) is 1. The van der Waals surface area contributed by atoms with Gasteiger partial charge in [-0.05, 0) is 24.6 Å². The molecule has 1 N–H and O–H groups in total. The van der Waals surface area contributed by atoms with Crippen LogP contribution >= 0.6 is 23.2 Å². The highest BCUT2D eigenvalue weighted by Crippen LogP contribution is 2.22. The van der Waals surface area contributed by atoms with E-state index in [1.54, 1.807) is 25.1 Å². The molecule has 0 aliphatic rings. The average Bonchev–Trinajstić information content (AvgIpc) is 2.31. The van der Waals surface area contributed by atoms with Gasteiger partial charge in [0.2, 0.25) is 5.91 Å². The minimum absolute atomic E-state index is 0.253. The third kappa shape index (κ3) is 5.09. The molecule has 1 atom stereocenters. The van der Waals surface area contributed by atoms with Crippen LogP contribution in [-0.4, -0.2) is 24.5 Å². The fourth-order valence-electron chi connectivity index (χ4n) is 1.59. The smallest absolute Gasteiger partial charge is 0.328 e. The van der Waals surface area contributed by atoms with Gasteiger partial charge in [-0.3, -0.25) is 4.79 Å². The Balaban J connectivity index is 2.87. The second-order valence-corrected chi connectivity index (χ2v) is 4.79. The van der Waals surface area contributed by atoms with Crippen molar-refractivity contribution in [2.75, 3.05) is 6.61 Å². The molecule has 0 bridgehead atoms. The Morgan fingerprint density at radius 3 is 2.58 bits per heavy atom. The Bertz CT molecular complexity index is 477. The van der Waals surface area contributed by atoms with Gasteiger partial charge in [0.15, 0.2) is 0 Å². The molecule has 1 amide bonds. The van der Waals surface area contributed by atoms with Crippen molar-refractivity contribution in [3.63, 3.8) is 0 Å². The fraction of sp³-hybridized carbons (Fsp3) is 0.385. The summed E-state index contributed by atoms with van der Waals surface area (Å²) in [4.78, 5) is 22.9. The monoisotopic (exact) mass is 303 g/mol. The van der Waals surface area contributed by atoms with E-state index < -0.39 is 12.0 Å². The van der Waals surface area contributed by atoms with Crippen LogP contribution in [0.25, 0.3) is 0 Å². The first-order valence-electron chi connectivity index (χ1n) is 5.81. The summed E-state index contributed by atoms with van der Waals surface area (Å²) in [6, 6.07) is 4.24. The Labute approximate surface area is 122 Å². The number of carbonyl (C=O) groups excluding carboxylic acids is 2. The zero-order valence-corrected chi connectivity index (χ0v) is 12.2. The van der Waals surface area contributed by atoms with Gasteiger partial charge in [0.05, 0.1) is 6.61 Å². The third-order valence-corrected chi connectivity index (χ3v) is 2.97. The lowest BCUT2D eigenvalue weighted by Gasteiger charge is -2.17. The van der Waals surface area contributed by atoms with Crippen LogP contribution in [0.15, 0.2) is 18.2 Å². The van der Waals surface area contributed by atoms with Gasteiger partial charge in [0, 0.05) is 23.4 Å². The van der Waals surface area contributed by atoms with E-state index in [0.717, 1.165) is 5.56 Å². The van der Waals surface area contributed by atoms with E-state index in [4.69, 9.17) is 27.9 Å². The van der Waals surface area contributed by atoms with Gasteiger partial charge >= 0.3 is 5.97 Å². The van der Waals surface area contributed by atoms with Crippen molar-refractivity contribution in [3.05, 3.63) is 33.8 Å². The Morgan fingerprint density at radius 1 is 1.37 bits per heavy atom. The molecular formula is C13H15Cl2NO3. The second kappa shape index (κ2) is 7.36. The van der Waals surface area contributed by atoms with Crippen LogP contribution in [0.5, 0.6) is 0 Å². The number of amides is 1. The van der Waals surface area contributed by atoms with Crippen LogP contribution in [0.2, 0.25) is 10.0 Å². The number of hydrogen-bond acceptors (Lipinski definition) is 3. The highest BCUT2D eigenvalue weighted by molar-refractivity contribution is 6.35. The zero-order valence-electron chi connectivity index (χ0n) is 10.7. The molecule has 0 radical (unpaired) electrons. The van der Waals surface area contributed by atoms with Gasteiger partial charge in [-0.25, -0.2) is 4.79 Å². The van der Waals surface area contributed by atoms with Gasteiger partial charge in [0.1, 0.15) is 6.04 Å². The van der Waals surface area contributed by atoms with Gasteiger partial charge < -0.3 is 10.1 Å². The minimum atomic E-state index is -0.754. The van der Waals surface area contributed by atoms with Gasteiger partial charge in [0.25, 0.3) is 0 Å². The first-order chi connectivity index (χ1) is 8.93. The average molecular weight is 304 g/mol. The maximum atomic E-state index is 11.8. The molecule has 4 nitrogen and oxygen atoms in total. The molecule has 0 aromatic heterocycles. The molecule has 104 valence electrons. The summed E-state index contributed by atoms with van der Waals surface area (Å²) in [6.45, 7) is 3.30. The third-order valence-electron chi connectivity index (χ3n) is 2.39. The number of ether oxygens (including phenoxy) is 1. The van der Waals surface area contributed by atoms with Crippen molar-refractivity contribution >= 4 is 35.1 Å². The predicted octanol–water partition coefficient (Wildman–Crippen LogP) is 2.60. The van der Waals surface area contributed by atoms with Crippen LogP contribution in [-0.2, 0) is 20.7 Å². The molecule has 0 saturated heterocycles. The van der Waals surface area contributed by atoms with Crippen molar-refractivity contribution < 1.29 is 14.3 Å². The summed E-state index contributed by atoms with van der Waals surface area (Å²) in [5.74, 6) is -0.785. The molecular weight excluding hydrogens is 289 g/mol. The normalized spacial score (nSPS) is 11.8. The SMILES string of the molecule is CCOC(=O)[C@H](Cc1ccc(Cl)cc1Cl)NC(C)=O. The number of halogens is 2. The van der Waals surface area contributed by atoms with Crippen molar-refractivity contribution in [1.82, 2.24) is 5.32 Å². The molecule has 0 fully saturated rings. The summed E-state index contributed by atoms with van der Waals surface area (Å²) in [5.41, 5.74) is 0.720. The van der Waals surface area contributed by atoms with E-state index in [1.165, 1.54) is 6.92 Å². The highest BCUT2D eigenvalue weighted by Gasteiger charge is 2.22. The molecule has 1 aromatic carbocycles. The highest BCUT2D eigenvalue weighted by atomic mass is 35.5. The van der Waals surface area contributed by atoms with Gasteiger partial charge in [-0.15, -0.1) is 0 Å². The van der Waals surface area contributed by atoms with Crippen LogP contribution < -0.4 is 5.32 Å². The van der Waals surface area contributed by atoms with Gasteiger partial charge in [-0.1, -0.05) is 29.3 Å². The van der Waals surface area contributed by atoms with Crippen molar-refractivity contribution in [2.45, 2.75) is 26.3 Å². The summed E-state index contributed by atoms with van der Waals surface area (Å²) in [5, 5.41) is 3.52. The topological polar surface area (TPSA) is 55.4 Å². The predicted molar refractivity (Wildman–Crippen MR) is 74.4 cm³/mol. The van der Waals surface area contributed by atoms with Crippen molar-refractivity contribution in [3.8, 4) is 0 Å². The first kappa shape index (κ1) is 15.8. The summed E-state index contributed by atoms with van der Waals surface area (Å²) in [6.07, 6.45) is 0.258. The molecule has 0 saturated carbocycles. The first-order valence-corrected chi connectivity index (χ1v) is 6.57. The Kier molecular flexibility index (Phi) is 6.12. The molecule has 1 aromatic rings. The summed E-state index contributed by atoms with van der Waals surface area (Å²) < 4.78 is 4.92. The van der Waals surface area contributed by atoms with Crippen molar-refractivity contribution in [2.24, 2.45) is 0 Å². The van der Waals surface area contributed by atoms with E-state index >= 15 is 0 Å². The largest absolute Gasteiger partial charge is 0.464 e. The van der Waals surface area contributed by atoms with Gasteiger partial charge in [-0.2, -0.15) is 0 Å². The molecule has 0 aliphatic carbocycles. The molecule has 1 rings (SSSR count). The maximum Gasteiger partial charge on any atom is 0.328 e. The number of carbonyl (C=O) groups is 2. The minimum Gasteiger partial charge on any atom is -0.464 e. The van der Waals surface area contributed by atoms with E-state index in [1.807, 2.05) is 0 Å². The van der Waals surface area contributed by atoms with Crippen LogP contribution in [0, 0.1) is 0 Å². The number of benzene rings is 1. The van der Waals surface area contributed by atoms with E-state index in [-0.39, 0.29) is 18.9 Å². The molecule has 0 spiro atoms. The Morgan fingerprint density at radius 2 is 2.05 bits per heavy atom. The molecule has 19 heavy (non-hydrogen) atoms. The maximum absolute atomic E-state index is 11.8. The van der Waals surface area contributed by atoms with E-state index in [0.29, 0.717) is 10.0 Å². The fourth-order valence-corrected chi connectivity index (χ4v) is 2.07. The van der Waals surface area contributed by atoms with Crippen molar-refractivity contribution in [1.29, 1.82) is 0 Å². The van der Waals surface area contributed by atoms with E-state index in [2.05, 4.69) is 5.32 Å². The summed E-state index contributed by atoms with van der Waals surface area (Å²) >= 11 is 11.8. The second-order valence-electron chi connectivity index (χ2n) is 3.95. The lowest BCUT2D eigenvalue weighted by Crippen LogP contribution is -2.42. The molecule has 0 heterocycles. The lowest BCUT2D eigenvalue weighted by atomic mass is 10.1. The number of esters is 1. The summed E-state index contributed by atoms with van der Waals surface area (Å²) in [7, 11) is 0. The van der Waals surface area contributed by atoms with E-state index in [9.17, 15) is 9.59 Å². The molecule has 0 aliphatic heterocycles. The quantitative estimate of drug-likeness (QED) is 0.851. The van der Waals surface area contributed by atoms with Crippen LogP contribution in [0.4, 0.5) is 0 Å².